The Morgan fingerprint density at radius 2 is 0.696 bits per heavy atom. The van der Waals surface area contributed by atoms with Gasteiger partial charge in [-0.15, -0.1) is 0 Å². The van der Waals surface area contributed by atoms with Gasteiger partial charge < -0.3 is 73.6 Å². The van der Waals surface area contributed by atoms with Gasteiger partial charge in [0.25, 0.3) is 0 Å². The van der Waals surface area contributed by atoms with Crippen LogP contribution in [0, 0.1) is 17.8 Å². The molecule has 0 spiro atoms. The summed E-state index contributed by atoms with van der Waals surface area (Å²) in [5, 5.41) is 62.4. The van der Waals surface area contributed by atoms with Crippen molar-refractivity contribution >= 4 is 80.9 Å². The van der Waals surface area contributed by atoms with Gasteiger partial charge in [-0.25, -0.2) is 0 Å². The summed E-state index contributed by atoms with van der Waals surface area (Å²) in [6.07, 6.45) is 5.59. The summed E-state index contributed by atoms with van der Waals surface area (Å²) in [6.45, 7) is 11.4. The third kappa shape index (κ3) is 20.5. The average Bonchev–Trinajstić information content (AvgIpc) is 3.00. The van der Waals surface area contributed by atoms with E-state index in [1.54, 1.807) is 45.0 Å². The van der Waals surface area contributed by atoms with Crippen LogP contribution in [0.2, 0.25) is 8.87 Å². The van der Waals surface area contributed by atoms with Crippen LogP contribution in [0.4, 0.5) is 0 Å². The molecule has 0 aromatic rings. The van der Waals surface area contributed by atoms with Gasteiger partial charge in [0.05, 0.1) is 17.9 Å². The number of unbranched alkanes of at least 4 members (excludes halogenated alkanes) is 2. The number of carbonyl (C=O) groups is 6. The van der Waals surface area contributed by atoms with E-state index in [2.05, 4.69) is 28.1 Å². The molecule has 0 radical (unpaired) electrons. The Kier molecular flexibility index (Phi) is 33.1. The molecule has 15 nitrogen and oxygen atoms in total. The van der Waals surface area contributed by atoms with E-state index in [0.29, 0.717) is 0 Å². The first-order valence-electron chi connectivity index (χ1n) is 14.1. The van der Waals surface area contributed by atoms with Gasteiger partial charge in [-0.1, -0.05) is 20.8 Å². The van der Waals surface area contributed by atoms with Gasteiger partial charge >= 0.3 is 93.5 Å². The second kappa shape index (κ2) is 28.3. The summed E-state index contributed by atoms with van der Waals surface area (Å²) < 4.78 is 16.5. The molecule has 0 rings (SSSR count). The van der Waals surface area contributed by atoms with Crippen LogP contribution in [0.3, 0.4) is 0 Å². The summed E-state index contributed by atoms with van der Waals surface area (Å²) in [5.41, 5.74) is -5.50. The van der Waals surface area contributed by atoms with Gasteiger partial charge in [0, 0.05) is 57.0 Å². The smallest absolute Gasteiger partial charge is 0.112 e. The Labute approximate surface area is 298 Å². The predicted octanol–water partition coefficient (Wildman–Crippen LogP) is -4.67. The van der Waals surface area contributed by atoms with Gasteiger partial charge in [-0.3, -0.25) is 0 Å². The quantitative estimate of drug-likeness (QED) is 0.132. The molecule has 6 unspecified atom stereocenters. The largest absolute Gasteiger partial charge is 0.550 e. The second-order valence-electron chi connectivity index (χ2n) is 10.1. The SMILES string of the molecule is CCC[CH2][Sn+3].CCC[CH2][Sn+3].COC(C)(C(=O)[O-])C(C)C(=O)[O-].COC(C)(C(=O)[O-])C(C)C(=O)[O-].COC(C)(C(=O)[O-])C(C)C(=O)[O-]. The minimum absolute atomic E-state index is 1.11. The van der Waals surface area contributed by atoms with Crippen molar-refractivity contribution in [1.29, 1.82) is 0 Å². The van der Waals surface area contributed by atoms with Crippen LogP contribution in [0.1, 0.15) is 81.1 Å². The number of carboxylic acid groups (broad SMARTS) is 6. The number of aliphatic carboxylic acids is 6. The number of hydrogen-bond acceptors (Lipinski definition) is 15. The van der Waals surface area contributed by atoms with Crippen LogP contribution in [0.5, 0.6) is 0 Å². The topological polar surface area (TPSA) is 268 Å². The molecule has 0 amide bonds. The molecule has 262 valence electrons. The molecule has 0 N–H and O–H groups in total. The summed E-state index contributed by atoms with van der Waals surface area (Å²) in [7, 11) is 3.32. The zero-order chi connectivity index (χ0) is 38.1. The van der Waals surface area contributed by atoms with Gasteiger partial charge in [-0.2, -0.15) is 0 Å². The van der Waals surface area contributed by atoms with Crippen molar-refractivity contribution in [2.75, 3.05) is 21.3 Å². The van der Waals surface area contributed by atoms with Crippen LogP contribution in [-0.4, -0.2) is 119 Å². The van der Waals surface area contributed by atoms with E-state index < -0.39 is 70.4 Å². The molecule has 0 aliphatic heterocycles. The molecule has 0 aromatic carbocycles. The van der Waals surface area contributed by atoms with E-state index in [9.17, 15) is 59.4 Å². The zero-order valence-corrected chi connectivity index (χ0v) is 34.3. The fourth-order valence-corrected chi connectivity index (χ4v) is 4.36. The van der Waals surface area contributed by atoms with E-state index in [-0.39, 0.29) is 0 Å². The van der Waals surface area contributed by atoms with E-state index in [1.807, 2.05) is 0 Å². The number of hydrogen-bond donors (Lipinski definition) is 0. The Morgan fingerprint density at radius 1 is 0.522 bits per heavy atom. The summed E-state index contributed by atoms with van der Waals surface area (Å²) >= 11 is 3.37. The maximum Gasteiger partial charge on any atom is 0.112 e. The Hall–Kier alpha value is -1.70. The normalized spacial score (nSPS) is 15.9. The third-order valence-electron chi connectivity index (χ3n) is 7.09. The van der Waals surface area contributed by atoms with E-state index in [4.69, 9.17) is 0 Å². The molecule has 0 aliphatic rings. The molecule has 0 bridgehead atoms. The van der Waals surface area contributed by atoms with Crippen LogP contribution in [-0.2, 0) is 43.0 Å². The number of methoxy groups -OCH3 is 3. The molecular formula is C29H48O15Sn2. The van der Waals surface area contributed by atoms with Crippen LogP contribution < -0.4 is 30.6 Å². The second-order valence-corrected chi connectivity index (χ2v) is 13.0. The Balaban J connectivity index is -0.000000159. The van der Waals surface area contributed by atoms with Crippen molar-refractivity contribution in [2.45, 2.75) is 107 Å². The number of carbonyl (C=O) groups excluding carboxylic acids is 6. The van der Waals surface area contributed by atoms with Crippen molar-refractivity contribution in [3.05, 3.63) is 0 Å². The summed E-state index contributed by atoms with van der Waals surface area (Å²) in [4.78, 5) is 62.4. The monoisotopic (exact) mass is 876 g/mol. The predicted molar refractivity (Wildman–Crippen MR) is 155 cm³/mol. The molecule has 0 aromatic heterocycles. The molecule has 0 saturated heterocycles. The molecule has 0 fully saturated rings. The molecule has 6 atom stereocenters. The summed E-state index contributed by atoms with van der Waals surface area (Å²) in [6, 6.07) is 0. The van der Waals surface area contributed by atoms with Gasteiger partial charge in [0.15, 0.2) is 0 Å². The number of carboxylic acids is 6. The minimum Gasteiger partial charge on any atom is -0.550 e. The zero-order valence-electron chi connectivity index (χ0n) is 28.6. The molecular weight excluding hydrogens is 826 g/mol. The fourth-order valence-electron chi connectivity index (χ4n) is 2.34. The van der Waals surface area contributed by atoms with Crippen molar-refractivity contribution in [3.63, 3.8) is 0 Å². The van der Waals surface area contributed by atoms with E-state index >= 15 is 0 Å². The molecule has 0 heterocycles. The van der Waals surface area contributed by atoms with Gasteiger partial charge in [0.1, 0.15) is 16.8 Å². The van der Waals surface area contributed by atoms with Crippen molar-refractivity contribution < 1.29 is 73.6 Å². The molecule has 0 saturated carbocycles. The Morgan fingerprint density at radius 3 is 0.717 bits per heavy atom. The van der Waals surface area contributed by atoms with E-state index in [0.717, 1.165) is 42.1 Å². The van der Waals surface area contributed by atoms with Crippen LogP contribution in [0.15, 0.2) is 0 Å². The molecule has 46 heavy (non-hydrogen) atoms. The average molecular weight is 874 g/mol. The number of rotatable bonds is 16. The minimum atomic E-state index is -1.83. The maximum absolute atomic E-state index is 10.5. The van der Waals surface area contributed by atoms with Crippen molar-refractivity contribution in [2.24, 2.45) is 17.8 Å². The standard InChI is InChI=1S/3C7H12O5.2C4H9.2Sn/c3*1-4(5(8)9)7(2,12-3)6(10)11;2*1-3-4-2;;/h3*4H,1-3H3,(H,8,9)(H,10,11);2*1,3-4H2,2H3;;/q;;;;;2*+3/p-6. The third-order valence-corrected chi connectivity index (χ3v) is 9.11. The van der Waals surface area contributed by atoms with E-state index in [1.165, 1.54) is 55.3 Å². The molecule has 17 heteroatoms. The summed E-state index contributed by atoms with van der Waals surface area (Å²) in [5.74, 6) is -12.9. The van der Waals surface area contributed by atoms with Crippen molar-refractivity contribution in [3.8, 4) is 0 Å². The first kappa shape index (κ1) is 53.8. The Bertz CT molecular complexity index is 802. The van der Waals surface area contributed by atoms with Crippen molar-refractivity contribution in [1.82, 2.24) is 0 Å². The first-order valence-corrected chi connectivity index (χ1v) is 18.2. The number of ether oxygens (including phenoxy) is 3. The van der Waals surface area contributed by atoms with Gasteiger partial charge in [-0.05, 0) is 20.8 Å². The first-order chi connectivity index (χ1) is 20.9. The maximum atomic E-state index is 10.5. The molecule has 0 aliphatic carbocycles. The fraction of sp³-hybridized carbons (Fsp3) is 0.793. The van der Waals surface area contributed by atoms with Gasteiger partial charge in [0.2, 0.25) is 0 Å². The van der Waals surface area contributed by atoms with Crippen LogP contribution in [0.25, 0.3) is 0 Å². The van der Waals surface area contributed by atoms with Crippen LogP contribution >= 0.6 is 0 Å².